The minimum atomic E-state index is 0.135. The number of aromatic nitrogens is 2. The molecule has 0 aliphatic carbocycles. The molecular weight excluding hydrogens is 330 g/mol. The van der Waals surface area contributed by atoms with Crippen molar-refractivity contribution < 1.29 is 4.79 Å². The topological polar surface area (TPSA) is 46.1 Å². The van der Waals surface area contributed by atoms with Gasteiger partial charge in [0.2, 0.25) is 5.91 Å². The highest BCUT2D eigenvalue weighted by Crippen LogP contribution is 2.28. The number of aryl methyl sites for hydroxylation is 2. The van der Waals surface area contributed by atoms with Crippen LogP contribution in [0.15, 0.2) is 54.2 Å². The summed E-state index contributed by atoms with van der Waals surface area (Å²) in [5.74, 6) is 0.135. The zero-order valence-electron chi connectivity index (χ0n) is 13.9. The van der Waals surface area contributed by atoms with Crippen molar-refractivity contribution in [2.45, 2.75) is 25.7 Å². The highest BCUT2D eigenvalue weighted by Gasteiger charge is 2.24. The van der Waals surface area contributed by atoms with Gasteiger partial charge in [-0.05, 0) is 42.2 Å². The molecule has 0 N–H and O–H groups in total. The summed E-state index contributed by atoms with van der Waals surface area (Å²) in [5.41, 5.74) is 4.45. The molecule has 0 atom stereocenters. The first-order chi connectivity index (χ1) is 12.3. The van der Waals surface area contributed by atoms with Crippen molar-refractivity contribution in [3.05, 3.63) is 76.0 Å². The van der Waals surface area contributed by atoms with Gasteiger partial charge in [-0.25, -0.2) is 4.98 Å². The van der Waals surface area contributed by atoms with E-state index in [1.165, 1.54) is 11.1 Å². The average Bonchev–Trinajstić information content (AvgIpc) is 3.27. The maximum Gasteiger partial charge on any atom is 0.233 e. The number of rotatable bonds is 5. The van der Waals surface area contributed by atoms with E-state index in [4.69, 9.17) is 0 Å². The predicted molar refractivity (Wildman–Crippen MR) is 100.0 cm³/mol. The number of carbonyl (C=O) groups excluding carboxylic acids is 1. The molecule has 1 aliphatic rings. The number of pyridine rings is 1. The van der Waals surface area contributed by atoms with Crippen molar-refractivity contribution in [1.29, 1.82) is 0 Å². The second-order valence-electron chi connectivity index (χ2n) is 6.19. The first-order valence-electron chi connectivity index (χ1n) is 8.50. The molecule has 0 saturated heterocycles. The van der Waals surface area contributed by atoms with Crippen LogP contribution in [-0.4, -0.2) is 22.4 Å². The van der Waals surface area contributed by atoms with Gasteiger partial charge in [0.25, 0.3) is 0 Å². The smallest absolute Gasteiger partial charge is 0.233 e. The van der Waals surface area contributed by atoms with Crippen molar-refractivity contribution in [2.75, 3.05) is 11.4 Å². The summed E-state index contributed by atoms with van der Waals surface area (Å²) in [6, 6.07) is 12.2. The highest BCUT2D eigenvalue weighted by molar-refractivity contribution is 7.09. The van der Waals surface area contributed by atoms with Crippen LogP contribution in [0.5, 0.6) is 0 Å². The fourth-order valence-corrected chi connectivity index (χ4v) is 3.99. The van der Waals surface area contributed by atoms with Gasteiger partial charge in [-0.2, -0.15) is 0 Å². The zero-order chi connectivity index (χ0) is 17.1. The zero-order valence-corrected chi connectivity index (χ0v) is 14.7. The normalized spacial score (nSPS) is 13.0. The molecule has 0 spiro atoms. The van der Waals surface area contributed by atoms with Gasteiger partial charge in [0.15, 0.2) is 0 Å². The fourth-order valence-electron chi connectivity index (χ4n) is 3.19. The lowest BCUT2D eigenvalue weighted by molar-refractivity contribution is -0.117. The fraction of sp³-hybridized carbons (Fsp3) is 0.250. The molecule has 3 aromatic rings. The van der Waals surface area contributed by atoms with Gasteiger partial charge in [0.05, 0.1) is 17.1 Å². The van der Waals surface area contributed by atoms with Gasteiger partial charge in [-0.15, -0.1) is 11.3 Å². The maximum absolute atomic E-state index is 12.6. The quantitative estimate of drug-likeness (QED) is 0.709. The molecule has 25 heavy (non-hydrogen) atoms. The third kappa shape index (κ3) is 3.61. The number of thiazole rings is 1. The Labute approximate surface area is 151 Å². The van der Waals surface area contributed by atoms with Crippen LogP contribution in [-0.2, 0) is 30.5 Å². The van der Waals surface area contributed by atoms with Crippen molar-refractivity contribution in [2.24, 2.45) is 0 Å². The Hall–Kier alpha value is -2.53. The molecule has 5 heteroatoms. The summed E-state index contributed by atoms with van der Waals surface area (Å²) < 4.78 is 0. The Kier molecular flexibility index (Phi) is 4.57. The van der Waals surface area contributed by atoms with Gasteiger partial charge in [-0.1, -0.05) is 18.2 Å². The molecule has 0 bridgehead atoms. The van der Waals surface area contributed by atoms with Gasteiger partial charge in [-0.3, -0.25) is 9.78 Å². The average molecular weight is 349 g/mol. The number of hydrogen-bond acceptors (Lipinski definition) is 4. The molecule has 4 rings (SSSR count). The van der Waals surface area contributed by atoms with E-state index in [-0.39, 0.29) is 5.91 Å². The SMILES string of the molecule is O=C(Cc1csc(CCc2ccncc2)n1)N1CCc2ccccc21. The van der Waals surface area contributed by atoms with Crippen molar-refractivity contribution in [1.82, 2.24) is 9.97 Å². The molecular formula is C20H19N3OS. The molecule has 3 heterocycles. The maximum atomic E-state index is 12.6. The first kappa shape index (κ1) is 16.0. The number of nitrogens with zero attached hydrogens (tertiary/aromatic N) is 3. The van der Waals surface area contributed by atoms with E-state index in [9.17, 15) is 4.79 Å². The lowest BCUT2D eigenvalue weighted by Crippen LogP contribution is -2.30. The molecule has 0 unspecified atom stereocenters. The van der Waals surface area contributed by atoms with Crippen molar-refractivity contribution in [3.8, 4) is 0 Å². The van der Waals surface area contributed by atoms with Crippen LogP contribution in [0.25, 0.3) is 0 Å². The summed E-state index contributed by atoms with van der Waals surface area (Å²) in [6.07, 6.45) is 6.79. The molecule has 1 amide bonds. The Morgan fingerprint density at radius 2 is 1.96 bits per heavy atom. The number of fused-ring (bicyclic) bond motifs is 1. The number of anilines is 1. The van der Waals surface area contributed by atoms with E-state index in [1.807, 2.05) is 53.0 Å². The molecule has 0 radical (unpaired) electrons. The van der Waals surface area contributed by atoms with Crippen molar-refractivity contribution >= 4 is 22.9 Å². The van der Waals surface area contributed by atoms with Crippen LogP contribution >= 0.6 is 11.3 Å². The molecule has 2 aromatic heterocycles. The molecule has 126 valence electrons. The van der Waals surface area contributed by atoms with E-state index in [1.54, 1.807) is 11.3 Å². The standard InChI is InChI=1S/C20H19N3OS/c24-20(23-12-9-16-3-1-2-4-18(16)23)13-17-14-25-19(22-17)6-5-15-7-10-21-11-8-15/h1-4,7-8,10-11,14H,5-6,9,12-13H2. The third-order valence-electron chi connectivity index (χ3n) is 4.50. The van der Waals surface area contributed by atoms with Gasteiger partial charge in [0, 0.05) is 36.4 Å². The molecule has 4 nitrogen and oxygen atoms in total. The summed E-state index contributed by atoms with van der Waals surface area (Å²) in [4.78, 5) is 23.2. The first-order valence-corrected chi connectivity index (χ1v) is 9.38. The number of amides is 1. The van der Waals surface area contributed by atoms with E-state index >= 15 is 0 Å². The largest absolute Gasteiger partial charge is 0.311 e. The second kappa shape index (κ2) is 7.15. The van der Waals surface area contributed by atoms with Crippen LogP contribution in [0.4, 0.5) is 5.69 Å². The Balaban J connectivity index is 1.37. The van der Waals surface area contributed by atoms with Crippen molar-refractivity contribution in [3.63, 3.8) is 0 Å². The van der Waals surface area contributed by atoms with Gasteiger partial charge >= 0.3 is 0 Å². The summed E-state index contributed by atoms with van der Waals surface area (Å²) in [7, 11) is 0. The number of benzene rings is 1. The van der Waals surface area contributed by atoms with Crippen LogP contribution in [0.2, 0.25) is 0 Å². The van der Waals surface area contributed by atoms with Crippen LogP contribution < -0.4 is 4.90 Å². The molecule has 0 saturated carbocycles. The number of para-hydroxylation sites is 1. The van der Waals surface area contributed by atoms with Crippen LogP contribution in [0.3, 0.4) is 0 Å². The predicted octanol–water partition coefficient (Wildman–Crippen LogP) is 3.46. The highest BCUT2D eigenvalue weighted by atomic mass is 32.1. The number of carbonyl (C=O) groups is 1. The Morgan fingerprint density at radius 3 is 2.84 bits per heavy atom. The lowest BCUT2D eigenvalue weighted by atomic mass is 10.1. The molecule has 1 aromatic carbocycles. The van der Waals surface area contributed by atoms with E-state index < -0.39 is 0 Å². The number of hydrogen-bond donors (Lipinski definition) is 0. The van der Waals surface area contributed by atoms with E-state index in [0.717, 1.165) is 42.2 Å². The van der Waals surface area contributed by atoms with Gasteiger partial charge < -0.3 is 4.90 Å². The van der Waals surface area contributed by atoms with Crippen LogP contribution in [0, 0.1) is 0 Å². The Bertz CT molecular complexity index is 875. The summed E-state index contributed by atoms with van der Waals surface area (Å²) in [6.45, 7) is 0.775. The van der Waals surface area contributed by atoms with E-state index in [2.05, 4.69) is 16.0 Å². The monoisotopic (exact) mass is 349 g/mol. The van der Waals surface area contributed by atoms with E-state index in [0.29, 0.717) is 6.42 Å². The summed E-state index contributed by atoms with van der Waals surface area (Å²) in [5, 5.41) is 3.10. The second-order valence-corrected chi connectivity index (χ2v) is 7.13. The minimum absolute atomic E-state index is 0.135. The molecule has 1 aliphatic heterocycles. The summed E-state index contributed by atoms with van der Waals surface area (Å²) >= 11 is 1.64. The van der Waals surface area contributed by atoms with Crippen LogP contribution in [0.1, 0.15) is 21.8 Å². The third-order valence-corrected chi connectivity index (χ3v) is 5.45. The van der Waals surface area contributed by atoms with Gasteiger partial charge in [0.1, 0.15) is 0 Å². The molecule has 0 fully saturated rings. The Morgan fingerprint density at radius 1 is 1.12 bits per heavy atom. The minimum Gasteiger partial charge on any atom is -0.311 e. The lowest BCUT2D eigenvalue weighted by Gasteiger charge is -2.16.